The van der Waals surface area contributed by atoms with Crippen molar-refractivity contribution in [2.75, 3.05) is 26.2 Å². The first-order valence-electron chi connectivity index (χ1n) is 7.36. The Hall–Kier alpha value is -1.47. The van der Waals surface area contributed by atoms with Crippen molar-refractivity contribution in [3.05, 3.63) is 27.0 Å². The maximum absolute atomic E-state index is 12.4. The van der Waals surface area contributed by atoms with Gasteiger partial charge in [-0.25, -0.2) is 9.36 Å². The van der Waals surface area contributed by atoms with Crippen LogP contribution in [0.3, 0.4) is 0 Å². The Kier molecular flexibility index (Phi) is 3.98. The van der Waals surface area contributed by atoms with Gasteiger partial charge in [-0.05, 0) is 51.9 Å². The van der Waals surface area contributed by atoms with Crippen LogP contribution >= 0.6 is 0 Å². The molecule has 2 aliphatic rings. The lowest BCUT2D eigenvalue weighted by molar-refractivity contribution is 0.221. The first kappa shape index (κ1) is 13.5. The van der Waals surface area contributed by atoms with Crippen molar-refractivity contribution in [2.24, 2.45) is 0 Å². The van der Waals surface area contributed by atoms with E-state index in [4.69, 9.17) is 0 Å². The van der Waals surface area contributed by atoms with Crippen LogP contribution < -0.4 is 11.2 Å². The van der Waals surface area contributed by atoms with Crippen LogP contribution in [0.15, 0.2) is 15.8 Å². The number of hydrogen-bond donors (Lipinski definition) is 0. The van der Waals surface area contributed by atoms with Crippen LogP contribution in [-0.4, -0.2) is 50.3 Å². The fraction of sp³-hybridized carbons (Fsp3) is 0.769. The monoisotopic (exact) mass is 279 g/mol. The van der Waals surface area contributed by atoms with Crippen molar-refractivity contribution in [2.45, 2.75) is 39.0 Å². The van der Waals surface area contributed by atoms with Crippen molar-refractivity contribution in [3.8, 4) is 0 Å². The quantitative estimate of drug-likeness (QED) is 0.744. The van der Waals surface area contributed by atoms with Gasteiger partial charge in [-0.2, -0.15) is 9.78 Å². The van der Waals surface area contributed by atoms with Crippen LogP contribution in [0.2, 0.25) is 0 Å². The lowest BCUT2D eigenvalue weighted by atomic mass is 10.4. The van der Waals surface area contributed by atoms with Gasteiger partial charge in [0.15, 0.2) is 0 Å². The fourth-order valence-electron chi connectivity index (χ4n) is 2.94. The van der Waals surface area contributed by atoms with E-state index in [-0.39, 0.29) is 11.2 Å². The van der Waals surface area contributed by atoms with Gasteiger partial charge in [0.1, 0.15) is 6.20 Å². The minimum Gasteiger partial charge on any atom is -0.285 e. The third-order valence-electron chi connectivity index (χ3n) is 4.10. The molecule has 110 valence electrons. The van der Waals surface area contributed by atoms with Gasteiger partial charge in [0.05, 0.1) is 13.3 Å². The summed E-state index contributed by atoms with van der Waals surface area (Å²) in [5, 5.41) is 3.99. The van der Waals surface area contributed by atoms with Crippen molar-refractivity contribution in [3.63, 3.8) is 0 Å². The molecule has 2 aliphatic heterocycles. The molecule has 0 spiro atoms. The molecule has 3 rings (SSSR count). The lowest BCUT2D eigenvalue weighted by Gasteiger charge is -2.18. The van der Waals surface area contributed by atoms with Crippen molar-refractivity contribution < 1.29 is 0 Å². The third kappa shape index (κ3) is 2.83. The van der Waals surface area contributed by atoms with Crippen molar-refractivity contribution in [1.82, 2.24) is 24.1 Å². The Balaban J connectivity index is 1.81. The number of aromatic nitrogens is 3. The molecular weight excluding hydrogens is 258 g/mol. The Labute approximate surface area is 117 Å². The molecule has 0 unspecified atom stereocenters. The molecule has 20 heavy (non-hydrogen) atoms. The summed E-state index contributed by atoms with van der Waals surface area (Å²) in [4.78, 5) is 28.6. The number of hydrogen-bond acceptors (Lipinski definition) is 5. The second-order valence-electron chi connectivity index (χ2n) is 5.63. The summed E-state index contributed by atoms with van der Waals surface area (Å²) in [5.74, 6) is 0. The van der Waals surface area contributed by atoms with Gasteiger partial charge >= 0.3 is 5.69 Å². The highest BCUT2D eigenvalue weighted by molar-refractivity contribution is 4.78. The summed E-state index contributed by atoms with van der Waals surface area (Å²) in [6.07, 6.45) is 5.88. The summed E-state index contributed by atoms with van der Waals surface area (Å²) in [6, 6.07) is 0. The Morgan fingerprint density at radius 3 is 2.05 bits per heavy atom. The second kappa shape index (κ2) is 5.88. The first-order valence-corrected chi connectivity index (χ1v) is 7.36. The molecule has 7 nitrogen and oxygen atoms in total. The summed E-state index contributed by atoms with van der Waals surface area (Å²) in [7, 11) is 0. The summed E-state index contributed by atoms with van der Waals surface area (Å²) < 4.78 is 2.71. The van der Waals surface area contributed by atoms with E-state index in [9.17, 15) is 9.59 Å². The van der Waals surface area contributed by atoms with E-state index in [1.54, 1.807) is 0 Å². The zero-order valence-electron chi connectivity index (χ0n) is 11.7. The molecule has 0 saturated carbocycles. The van der Waals surface area contributed by atoms with Gasteiger partial charge < -0.3 is 0 Å². The van der Waals surface area contributed by atoms with Crippen molar-refractivity contribution in [1.29, 1.82) is 0 Å². The van der Waals surface area contributed by atoms with E-state index in [0.29, 0.717) is 13.3 Å². The molecule has 0 aromatic carbocycles. The standard InChI is InChI=1S/C13H21N5O2/c19-12-9-14-18(11-16-7-3-4-8-16)13(20)17(12)10-15-5-1-2-6-15/h9H,1-8,10-11H2. The van der Waals surface area contributed by atoms with Crippen LogP contribution in [0.5, 0.6) is 0 Å². The van der Waals surface area contributed by atoms with Gasteiger partial charge in [0.25, 0.3) is 5.56 Å². The van der Waals surface area contributed by atoms with E-state index in [2.05, 4.69) is 14.9 Å². The minimum atomic E-state index is -0.306. The Morgan fingerprint density at radius 1 is 0.900 bits per heavy atom. The highest BCUT2D eigenvalue weighted by Crippen LogP contribution is 2.08. The van der Waals surface area contributed by atoms with Gasteiger partial charge in [-0.15, -0.1) is 0 Å². The SMILES string of the molecule is O=c1cnn(CN2CCCC2)c(=O)n1CN1CCCC1. The van der Waals surface area contributed by atoms with E-state index >= 15 is 0 Å². The van der Waals surface area contributed by atoms with Gasteiger partial charge in [-0.3, -0.25) is 14.6 Å². The summed E-state index contributed by atoms with van der Waals surface area (Å²) >= 11 is 0. The topological polar surface area (TPSA) is 63.4 Å². The molecule has 0 N–H and O–H groups in total. The molecule has 0 bridgehead atoms. The molecule has 1 aromatic heterocycles. The van der Waals surface area contributed by atoms with E-state index < -0.39 is 0 Å². The molecular formula is C13H21N5O2. The molecule has 3 heterocycles. The largest absolute Gasteiger partial charge is 0.349 e. The molecule has 0 aliphatic carbocycles. The normalized spacial score (nSPS) is 20.8. The maximum Gasteiger partial charge on any atom is 0.349 e. The molecule has 1 aromatic rings. The summed E-state index contributed by atoms with van der Waals surface area (Å²) in [6.45, 7) is 4.79. The Bertz CT molecular complexity index is 567. The van der Waals surface area contributed by atoms with Crippen LogP contribution in [0.25, 0.3) is 0 Å². The highest BCUT2D eigenvalue weighted by atomic mass is 16.2. The van der Waals surface area contributed by atoms with Gasteiger partial charge in [-0.1, -0.05) is 0 Å². The fourth-order valence-corrected chi connectivity index (χ4v) is 2.94. The molecule has 0 radical (unpaired) electrons. The van der Waals surface area contributed by atoms with E-state index in [0.717, 1.165) is 39.0 Å². The van der Waals surface area contributed by atoms with Crippen LogP contribution in [0, 0.1) is 0 Å². The first-order chi connectivity index (χ1) is 9.74. The number of likely N-dealkylation sites (tertiary alicyclic amines) is 2. The molecule has 0 atom stereocenters. The molecule has 2 fully saturated rings. The Morgan fingerprint density at radius 2 is 1.45 bits per heavy atom. The zero-order chi connectivity index (χ0) is 13.9. The summed E-state index contributed by atoms with van der Waals surface area (Å²) in [5.41, 5.74) is -0.601. The zero-order valence-corrected chi connectivity index (χ0v) is 11.7. The lowest BCUT2D eigenvalue weighted by Crippen LogP contribution is -2.46. The second-order valence-corrected chi connectivity index (χ2v) is 5.63. The van der Waals surface area contributed by atoms with Crippen LogP contribution in [0.1, 0.15) is 25.7 Å². The number of rotatable bonds is 4. The van der Waals surface area contributed by atoms with Crippen LogP contribution in [-0.2, 0) is 13.3 Å². The van der Waals surface area contributed by atoms with Crippen LogP contribution in [0.4, 0.5) is 0 Å². The smallest absolute Gasteiger partial charge is 0.285 e. The van der Waals surface area contributed by atoms with Crippen molar-refractivity contribution >= 4 is 0 Å². The third-order valence-corrected chi connectivity index (χ3v) is 4.10. The number of nitrogens with zero attached hydrogens (tertiary/aromatic N) is 5. The van der Waals surface area contributed by atoms with Gasteiger partial charge in [0, 0.05) is 0 Å². The highest BCUT2D eigenvalue weighted by Gasteiger charge is 2.17. The average molecular weight is 279 g/mol. The average Bonchev–Trinajstić information content (AvgIpc) is 3.11. The van der Waals surface area contributed by atoms with E-state index in [1.165, 1.54) is 28.3 Å². The molecule has 0 amide bonds. The minimum absolute atomic E-state index is 0.295. The molecule has 2 saturated heterocycles. The maximum atomic E-state index is 12.4. The predicted octanol–water partition coefficient (Wildman–Crippen LogP) is -0.488. The molecule has 7 heteroatoms. The predicted molar refractivity (Wildman–Crippen MR) is 74.4 cm³/mol. The van der Waals surface area contributed by atoms with E-state index in [1.807, 2.05) is 0 Å². The van der Waals surface area contributed by atoms with Gasteiger partial charge in [0.2, 0.25) is 0 Å².